The maximum absolute atomic E-state index is 6.23. The van der Waals surface area contributed by atoms with Gasteiger partial charge in [0.15, 0.2) is 0 Å². The fourth-order valence-electron chi connectivity index (χ4n) is 3.31. The highest BCUT2D eigenvalue weighted by atomic mass is 35.5. The van der Waals surface area contributed by atoms with Crippen molar-refractivity contribution >= 4 is 17.3 Å². The van der Waals surface area contributed by atoms with Gasteiger partial charge in [0.05, 0.1) is 0 Å². The lowest BCUT2D eigenvalue weighted by molar-refractivity contribution is 0.418. The van der Waals surface area contributed by atoms with Crippen molar-refractivity contribution in [3.8, 4) is 0 Å². The molecule has 0 aromatic heterocycles. The van der Waals surface area contributed by atoms with Crippen LogP contribution in [-0.4, -0.2) is 13.1 Å². The molecule has 1 heterocycles. The molecule has 0 saturated carbocycles. The number of fused-ring (bicyclic) bond motifs is 1. The molecule has 1 aromatic rings. The molecule has 1 aliphatic heterocycles. The van der Waals surface area contributed by atoms with Crippen molar-refractivity contribution in [2.45, 2.75) is 45.6 Å². The second kappa shape index (κ2) is 5.10. The van der Waals surface area contributed by atoms with E-state index in [-0.39, 0.29) is 5.41 Å². The molecule has 0 aliphatic carbocycles. The molecule has 18 heavy (non-hydrogen) atoms. The molecule has 1 aromatic carbocycles. The van der Waals surface area contributed by atoms with Crippen molar-refractivity contribution in [1.82, 2.24) is 0 Å². The van der Waals surface area contributed by atoms with Crippen LogP contribution in [0, 0.1) is 0 Å². The summed E-state index contributed by atoms with van der Waals surface area (Å²) < 4.78 is 0. The summed E-state index contributed by atoms with van der Waals surface area (Å²) in [7, 11) is 0. The summed E-state index contributed by atoms with van der Waals surface area (Å²) in [4.78, 5) is 2.44. The average Bonchev–Trinajstić information content (AvgIpc) is 2.72. The maximum atomic E-state index is 6.23. The monoisotopic (exact) mass is 266 g/mol. The Morgan fingerprint density at radius 2 is 1.94 bits per heavy atom. The van der Waals surface area contributed by atoms with Crippen molar-refractivity contribution in [1.29, 1.82) is 0 Å². The van der Waals surface area contributed by atoms with Gasteiger partial charge in [-0.25, -0.2) is 0 Å². The molecule has 2 rings (SSSR count). The van der Waals surface area contributed by atoms with Crippen molar-refractivity contribution in [3.05, 3.63) is 28.3 Å². The Balaban J connectivity index is 2.66. The molecule has 1 aliphatic rings. The van der Waals surface area contributed by atoms with E-state index in [4.69, 9.17) is 17.3 Å². The predicted molar refractivity (Wildman–Crippen MR) is 79.5 cm³/mol. The lowest BCUT2D eigenvalue weighted by Crippen LogP contribution is -2.32. The zero-order valence-electron chi connectivity index (χ0n) is 11.6. The first-order valence-electron chi connectivity index (χ1n) is 6.89. The molecule has 0 bridgehead atoms. The predicted octanol–water partition coefficient (Wildman–Crippen LogP) is 3.70. The quantitative estimate of drug-likeness (QED) is 0.901. The zero-order chi connectivity index (χ0) is 13.3. The standard InChI is InChI=1S/C15H23ClN2/c1-4-15(5-2)10-18(6-3)13-8-12(16)7-11(9-17)14(13)15/h7-8H,4-6,9-10,17H2,1-3H3. The summed E-state index contributed by atoms with van der Waals surface area (Å²) in [6.45, 7) is 9.46. The third kappa shape index (κ3) is 1.92. The minimum atomic E-state index is 0.255. The molecule has 0 atom stereocenters. The Bertz CT molecular complexity index is 438. The Morgan fingerprint density at radius 1 is 1.28 bits per heavy atom. The summed E-state index contributed by atoms with van der Waals surface area (Å²) in [5.41, 5.74) is 10.2. The molecule has 100 valence electrons. The first-order chi connectivity index (χ1) is 8.61. The second-order valence-corrected chi connectivity index (χ2v) is 5.60. The van der Waals surface area contributed by atoms with Crippen molar-refractivity contribution in [3.63, 3.8) is 0 Å². The summed E-state index contributed by atoms with van der Waals surface area (Å²) in [6, 6.07) is 4.15. The van der Waals surface area contributed by atoms with Gasteiger partial charge in [0.25, 0.3) is 0 Å². The highest BCUT2D eigenvalue weighted by molar-refractivity contribution is 6.31. The molecule has 0 saturated heterocycles. The molecule has 2 N–H and O–H groups in total. The lowest BCUT2D eigenvalue weighted by atomic mass is 9.75. The zero-order valence-corrected chi connectivity index (χ0v) is 12.3. The van der Waals surface area contributed by atoms with Gasteiger partial charge in [-0.05, 0) is 43.0 Å². The molecule has 0 fully saturated rings. The van der Waals surface area contributed by atoms with Gasteiger partial charge in [0.2, 0.25) is 0 Å². The van der Waals surface area contributed by atoms with Gasteiger partial charge in [-0.1, -0.05) is 25.4 Å². The molecule has 2 nitrogen and oxygen atoms in total. The van der Waals surface area contributed by atoms with Gasteiger partial charge >= 0.3 is 0 Å². The molecule has 0 radical (unpaired) electrons. The molecule has 0 unspecified atom stereocenters. The number of benzene rings is 1. The average molecular weight is 267 g/mol. The highest BCUT2D eigenvalue weighted by Gasteiger charge is 2.41. The first-order valence-corrected chi connectivity index (χ1v) is 7.27. The third-order valence-electron chi connectivity index (χ3n) is 4.48. The van der Waals surface area contributed by atoms with Gasteiger partial charge in [-0.2, -0.15) is 0 Å². The van der Waals surface area contributed by atoms with Crippen LogP contribution in [0.2, 0.25) is 5.02 Å². The largest absolute Gasteiger partial charge is 0.371 e. The van der Waals surface area contributed by atoms with E-state index < -0.39 is 0 Å². The van der Waals surface area contributed by atoms with Gasteiger partial charge in [0, 0.05) is 35.8 Å². The van der Waals surface area contributed by atoms with Gasteiger partial charge in [-0.3, -0.25) is 0 Å². The van der Waals surface area contributed by atoms with Crippen molar-refractivity contribution < 1.29 is 0 Å². The molecule has 0 spiro atoms. The van der Waals surface area contributed by atoms with Crippen LogP contribution in [0.3, 0.4) is 0 Å². The van der Waals surface area contributed by atoms with E-state index in [1.807, 2.05) is 6.07 Å². The number of rotatable bonds is 4. The van der Waals surface area contributed by atoms with E-state index in [9.17, 15) is 0 Å². The molecular formula is C15H23ClN2. The lowest BCUT2D eigenvalue weighted by Gasteiger charge is -2.29. The van der Waals surface area contributed by atoms with E-state index in [0.29, 0.717) is 6.54 Å². The summed E-state index contributed by atoms with van der Waals surface area (Å²) in [5.74, 6) is 0. The van der Waals surface area contributed by atoms with E-state index in [0.717, 1.165) is 31.0 Å². The van der Waals surface area contributed by atoms with E-state index in [2.05, 4.69) is 31.7 Å². The van der Waals surface area contributed by atoms with Gasteiger partial charge < -0.3 is 10.6 Å². The molecule has 3 heteroatoms. The van der Waals surface area contributed by atoms with Crippen LogP contribution in [0.15, 0.2) is 12.1 Å². The fourth-order valence-corrected chi connectivity index (χ4v) is 3.54. The number of anilines is 1. The topological polar surface area (TPSA) is 29.3 Å². The maximum Gasteiger partial charge on any atom is 0.0430 e. The van der Waals surface area contributed by atoms with Crippen LogP contribution in [0.4, 0.5) is 5.69 Å². The van der Waals surface area contributed by atoms with Gasteiger partial charge in [0.1, 0.15) is 0 Å². The Morgan fingerprint density at radius 3 is 2.44 bits per heavy atom. The number of hydrogen-bond acceptors (Lipinski definition) is 2. The van der Waals surface area contributed by atoms with E-state index in [1.54, 1.807) is 0 Å². The Hall–Kier alpha value is -0.730. The first kappa shape index (κ1) is 13.7. The van der Waals surface area contributed by atoms with Crippen LogP contribution in [0.25, 0.3) is 0 Å². The van der Waals surface area contributed by atoms with Crippen LogP contribution >= 0.6 is 11.6 Å². The second-order valence-electron chi connectivity index (χ2n) is 5.16. The molecule has 0 amide bonds. The normalized spacial score (nSPS) is 17.1. The van der Waals surface area contributed by atoms with Crippen LogP contribution in [0.1, 0.15) is 44.7 Å². The van der Waals surface area contributed by atoms with Crippen LogP contribution in [0.5, 0.6) is 0 Å². The smallest absolute Gasteiger partial charge is 0.0430 e. The van der Waals surface area contributed by atoms with E-state index in [1.165, 1.54) is 16.8 Å². The molecular weight excluding hydrogens is 244 g/mol. The number of halogens is 1. The third-order valence-corrected chi connectivity index (χ3v) is 4.70. The van der Waals surface area contributed by atoms with Crippen LogP contribution < -0.4 is 10.6 Å². The highest BCUT2D eigenvalue weighted by Crippen LogP contribution is 2.47. The number of nitrogens with zero attached hydrogens (tertiary/aromatic N) is 1. The SMILES string of the molecule is CCN1CC(CC)(CC)c2c(CN)cc(Cl)cc21. The van der Waals surface area contributed by atoms with Crippen molar-refractivity contribution in [2.24, 2.45) is 5.73 Å². The summed E-state index contributed by atoms with van der Waals surface area (Å²) in [5, 5.41) is 0.802. The fraction of sp³-hybridized carbons (Fsp3) is 0.600. The van der Waals surface area contributed by atoms with Crippen molar-refractivity contribution in [2.75, 3.05) is 18.0 Å². The van der Waals surface area contributed by atoms with Crippen LogP contribution in [-0.2, 0) is 12.0 Å². The minimum absolute atomic E-state index is 0.255. The summed E-state index contributed by atoms with van der Waals surface area (Å²) >= 11 is 6.23. The number of hydrogen-bond donors (Lipinski definition) is 1. The number of likely N-dealkylation sites (N-methyl/N-ethyl adjacent to an activating group) is 1. The van der Waals surface area contributed by atoms with E-state index >= 15 is 0 Å². The van der Waals surface area contributed by atoms with Gasteiger partial charge in [-0.15, -0.1) is 0 Å². The minimum Gasteiger partial charge on any atom is -0.371 e. The Kier molecular flexibility index (Phi) is 3.88. The Labute approximate surface area is 115 Å². The summed E-state index contributed by atoms with van der Waals surface area (Å²) in [6.07, 6.45) is 2.31. The number of nitrogens with two attached hydrogens (primary N) is 1.